The third-order valence-electron chi connectivity index (χ3n) is 3.30. The van der Waals surface area contributed by atoms with E-state index in [1.54, 1.807) is 10.9 Å². The van der Waals surface area contributed by atoms with Crippen molar-refractivity contribution in [3.05, 3.63) is 58.8 Å². The largest absolute Gasteiger partial charge is 0.494 e. The molecule has 1 aromatic carbocycles. The normalized spacial score (nSPS) is 10.9. The van der Waals surface area contributed by atoms with Crippen molar-refractivity contribution in [3.63, 3.8) is 0 Å². The number of hydrogen-bond acceptors (Lipinski definition) is 3. The van der Waals surface area contributed by atoms with Gasteiger partial charge in [0.25, 0.3) is 5.56 Å². The van der Waals surface area contributed by atoms with Crippen molar-refractivity contribution >= 4 is 11.0 Å². The van der Waals surface area contributed by atoms with E-state index in [1.807, 2.05) is 43.3 Å². The fraction of sp³-hybridized carbons (Fsp3) is 0.250. The molecule has 21 heavy (non-hydrogen) atoms. The summed E-state index contributed by atoms with van der Waals surface area (Å²) in [7, 11) is 0. The van der Waals surface area contributed by atoms with E-state index in [9.17, 15) is 4.79 Å². The first-order valence-electron chi connectivity index (χ1n) is 6.96. The maximum Gasteiger partial charge on any atom is 0.262 e. The lowest BCUT2D eigenvalue weighted by Gasteiger charge is -2.07. The van der Waals surface area contributed by atoms with Gasteiger partial charge < -0.3 is 9.72 Å². The highest BCUT2D eigenvalue weighted by Crippen LogP contribution is 2.09. The molecule has 2 aromatic heterocycles. The second-order valence-corrected chi connectivity index (χ2v) is 4.97. The fourth-order valence-electron chi connectivity index (χ4n) is 2.28. The quantitative estimate of drug-likeness (QED) is 0.732. The number of rotatable bonds is 5. The number of H-pyrrole nitrogens is 1. The van der Waals surface area contributed by atoms with E-state index >= 15 is 0 Å². The van der Waals surface area contributed by atoms with Crippen molar-refractivity contribution in [2.24, 2.45) is 0 Å². The Morgan fingerprint density at radius 1 is 1.29 bits per heavy atom. The predicted octanol–water partition coefficient (Wildman–Crippen LogP) is 2.50. The summed E-state index contributed by atoms with van der Waals surface area (Å²) in [6.07, 6.45) is 2.34. The second-order valence-electron chi connectivity index (χ2n) is 4.97. The molecule has 108 valence electrons. The number of aromatic amines is 1. The highest BCUT2D eigenvalue weighted by Gasteiger charge is 2.06. The number of para-hydroxylation sites is 1. The molecule has 2 heterocycles. The van der Waals surface area contributed by atoms with Gasteiger partial charge in [-0.25, -0.2) is 4.98 Å². The third-order valence-corrected chi connectivity index (χ3v) is 3.30. The molecule has 5 heteroatoms. The van der Waals surface area contributed by atoms with E-state index < -0.39 is 0 Å². The summed E-state index contributed by atoms with van der Waals surface area (Å²) in [5.74, 6) is 0.847. The molecule has 0 saturated carbocycles. The number of nitrogens with one attached hydrogen (secondary N) is 1. The average Bonchev–Trinajstić information content (AvgIpc) is 2.88. The van der Waals surface area contributed by atoms with E-state index in [0.29, 0.717) is 24.2 Å². The molecular weight excluding hydrogens is 266 g/mol. The summed E-state index contributed by atoms with van der Waals surface area (Å²) in [5.41, 5.74) is 1.58. The van der Waals surface area contributed by atoms with Gasteiger partial charge in [0.2, 0.25) is 0 Å². The number of fused-ring (bicyclic) bond motifs is 1. The Morgan fingerprint density at radius 3 is 2.90 bits per heavy atom. The third kappa shape index (κ3) is 2.97. The number of aromatic nitrogens is 3. The van der Waals surface area contributed by atoms with Gasteiger partial charge in [-0.15, -0.1) is 0 Å². The molecule has 5 nitrogen and oxygen atoms in total. The Kier molecular flexibility index (Phi) is 3.73. The van der Waals surface area contributed by atoms with Crippen LogP contribution < -0.4 is 10.3 Å². The highest BCUT2D eigenvalue weighted by molar-refractivity contribution is 5.74. The molecule has 0 bridgehead atoms. The van der Waals surface area contributed by atoms with Gasteiger partial charge in [0.05, 0.1) is 18.3 Å². The van der Waals surface area contributed by atoms with Gasteiger partial charge in [0.1, 0.15) is 11.4 Å². The zero-order chi connectivity index (χ0) is 14.7. The average molecular weight is 283 g/mol. The van der Waals surface area contributed by atoms with Crippen LogP contribution in [0.5, 0.6) is 5.75 Å². The van der Waals surface area contributed by atoms with Gasteiger partial charge in [0, 0.05) is 12.2 Å². The molecule has 0 fully saturated rings. The highest BCUT2D eigenvalue weighted by atomic mass is 16.5. The Balaban J connectivity index is 1.63. The van der Waals surface area contributed by atoms with Gasteiger partial charge in [0.15, 0.2) is 0 Å². The minimum absolute atomic E-state index is 0.0101. The van der Waals surface area contributed by atoms with E-state index in [0.717, 1.165) is 17.9 Å². The van der Waals surface area contributed by atoms with Crippen LogP contribution in [0.3, 0.4) is 0 Å². The van der Waals surface area contributed by atoms with Crippen LogP contribution in [0.2, 0.25) is 0 Å². The molecule has 0 saturated heterocycles. The molecular formula is C16H17N3O2. The van der Waals surface area contributed by atoms with Crippen molar-refractivity contribution in [2.45, 2.75) is 19.9 Å². The van der Waals surface area contributed by atoms with E-state index in [-0.39, 0.29) is 5.56 Å². The van der Waals surface area contributed by atoms with E-state index in [1.165, 1.54) is 0 Å². The fourth-order valence-corrected chi connectivity index (χ4v) is 2.28. The van der Waals surface area contributed by atoms with Crippen LogP contribution in [0.25, 0.3) is 11.0 Å². The first kappa shape index (κ1) is 13.4. The monoisotopic (exact) mass is 283 g/mol. The topological polar surface area (TPSA) is 59.9 Å². The smallest absolute Gasteiger partial charge is 0.262 e. The molecule has 0 radical (unpaired) electrons. The van der Waals surface area contributed by atoms with Gasteiger partial charge in [-0.05, 0) is 31.5 Å². The van der Waals surface area contributed by atoms with Crippen LogP contribution in [-0.2, 0) is 6.54 Å². The summed E-state index contributed by atoms with van der Waals surface area (Å²) < 4.78 is 7.25. The predicted molar refractivity (Wildman–Crippen MR) is 81.6 cm³/mol. The molecule has 0 aliphatic rings. The molecule has 0 aliphatic heterocycles. The zero-order valence-electron chi connectivity index (χ0n) is 11.9. The van der Waals surface area contributed by atoms with Crippen molar-refractivity contribution < 1.29 is 4.74 Å². The number of aryl methyl sites for hydroxylation is 2. The van der Waals surface area contributed by atoms with Crippen LogP contribution >= 0.6 is 0 Å². The van der Waals surface area contributed by atoms with Gasteiger partial charge in [-0.1, -0.05) is 18.2 Å². The van der Waals surface area contributed by atoms with Crippen LogP contribution in [0, 0.1) is 6.92 Å². The van der Waals surface area contributed by atoms with Gasteiger partial charge >= 0.3 is 0 Å². The lowest BCUT2D eigenvalue weighted by Crippen LogP contribution is -2.21. The maximum atomic E-state index is 12.3. The maximum absolute atomic E-state index is 12.3. The summed E-state index contributed by atoms with van der Waals surface area (Å²) in [6.45, 7) is 3.08. The molecule has 0 unspecified atom stereocenters. The molecule has 1 N–H and O–H groups in total. The van der Waals surface area contributed by atoms with E-state index in [4.69, 9.17) is 4.74 Å². The Hall–Kier alpha value is -2.56. The Bertz CT molecular complexity index is 790. The summed E-state index contributed by atoms with van der Waals surface area (Å²) in [5, 5.41) is 0.638. The lowest BCUT2D eigenvalue weighted by molar-refractivity contribution is 0.301. The first-order chi connectivity index (χ1) is 10.2. The van der Waals surface area contributed by atoms with Crippen LogP contribution in [0.4, 0.5) is 0 Å². The SMILES string of the molecule is Cc1cc2c(=O)n(CCCOc3ccccc3)cnc2[nH]1. The minimum Gasteiger partial charge on any atom is -0.494 e. The summed E-state index contributed by atoms with van der Waals surface area (Å²) in [6, 6.07) is 11.5. The van der Waals surface area contributed by atoms with Crippen molar-refractivity contribution in [1.29, 1.82) is 0 Å². The molecule has 0 atom stereocenters. The standard InChI is InChI=1S/C16H17N3O2/c1-12-10-14-15(18-12)17-11-19(16(14)20)8-5-9-21-13-6-3-2-4-7-13/h2-4,6-7,10-11,18H,5,8-9H2,1H3. The number of hydrogen-bond donors (Lipinski definition) is 1. The second kappa shape index (κ2) is 5.83. The molecule has 0 amide bonds. The molecule has 3 aromatic rings. The lowest BCUT2D eigenvalue weighted by atomic mass is 10.3. The van der Waals surface area contributed by atoms with Crippen LogP contribution in [-0.4, -0.2) is 21.1 Å². The molecule has 0 spiro atoms. The van der Waals surface area contributed by atoms with Gasteiger partial charge in [-0.3, -0.25) is 9.36 Å². The van der Waals surface area contributed by atoms with Crippen molar-refractivity contribution in [2.75, 3.05) is 6.61 Å². The van der Waals surface area contributed by atoms with Crippen LogP contribution in [0.15, 0.2) is 47.5 Å². The molecule has 3 rings (SSSR count). The minimum atomic E-state index is -0.0101. The van der Waals surface area contributed by atoms with E-state index in [2.05, 4.69) is 9.97 Å². The first-order valence-corrected chi connectivity index (χ1v) is 6.96. The Morgan fingerprint density at radius 2 is 2.10 bits per heavy atom. The van der Waals surface area contributed by atoms with Gasteiger partial charge in [-0.2, -0.15) is 0 Å². The summed E-state index contributed by atoms with van der Waals surface area (Å²) >= 11 is 0. The Labute approximate surface area is 122 Å². The van der Waals surface area contributed by atoms with Crippen molar-refractivity contribution in [1.82, 2.24) is 14.5 Å². The summed E-state index contributed by atoms with van der Waals surface area (Å²) in [4.78, 5) is 19.6. The van der Waals surface area contributed by atoms with Crippen molar-refractivity contribution in [3.8, 4) is 5.75 Å². The number of nitrogens with zero attached hydrogens (tertiary/aromatic N) is 2. The number of benzene rings is 1. The number of ether oxygens (including phenoxy) is 1. The van der Waals surface area contributed by atoms with Crippen LogP contribution in [0.1, 0.15) is 12.1 Å². The molecule has 0 aliphatic carbocycles. The zero-order valence-corrected chi connectivity index (χ0v) is 11.9.